The topological polar surface area (TPSA) is 93.9 Å². The first-order chi connectivity index (χ1) is 12.9. The molecule has 1 aromatic carbocycles. The number of anilines is 1. The van der Waals surface area contributed by atoms with E-state index in [4.69, 9.17) is 17.0 Å². The van der Waals surface area contributed by atoms with E-state index in [9.17, 15) is 28.1 Å². The van der Waals surface area contributed by atoms with E-state index >= 15 is 0 Å². The molecule has 0 aromatic heterocycles. The van der Waals surface area contributed by atoms with Gasteiger partial charge in [-0.3, -0.25) is 10.1 Å². The van der Waals surface area contributed by atoms with Crippen molar-refractivity contribution in [1.29, 1.82) is 0 Å². The standard InChI is InChI=1S/C16H17F3N3O5S.Y/c1-5-27-12(23)8-11(16(17,18)19)21(3)15(28)20-10-7-6-9(2)13(22(24)25)14(10)26-4;/h6,8H,5H2,1-4H3,(H,20,28);/q-1;/b11-8-;. The minimum absolute atomic E-state index is 0. The van der Waals surface area contributed by atoms with Gasteiger partial charge in [0.15, 0.2) is 5.11 Å². The van der Waals surface area contributed by atoms with Gasteiger partial charge in [-0.2, -0.15) is 25.3 Å². The average molecular weight is 509 g/mol. The third-order valence-corrected chi connectivity index (χ3v) is 3.74. The monoisotopic (exact) mass is 509 g/mol. The van der Waals surface area contributed by atoms with Gasteiger partial charge in [-0.1, -0.05) is 12.5 Å². The largest absolute Gasteiger partial charge is 0.545 e. The number of halogens is 3. The van der Waals surface area contributed by atoms with Crippen molar-refractivity contribution < 1.29 is 65.1 Å². The van der Waals surface area contributed by atoms with Crippen molar-refractivity contribution in [2.45, 2.75) is 20.0 Å². The van der Waals surface area contributed by atoms with E-state index in [1.165, 1.54) is 19.9 Å². The number of nitro groups is 1. The minimum Gasteiger partial charge on any atom is -0.545 e. The van der Waals surface area contributed by atoms with E-state index < -0.39 is 27.9 Å². The fourth-order valence-corrected chi connectivity index (χ4v) is 2.30. The third-order valence-electron chi connectivity index (χ3n) is 3.36. The molecule has 13 heteroatoms. The van der Waals surface area contributed by atoms with E-state index in [0.717, 1.165) is 14.2 Å². The zero-order chi connectivity index (χ0) is 21.6. The summed E-state index contributed by atoms with van der Waals surface area (Å²) in [5.74, 6) is -1.44. The minimum atomic E-state index is -4.92. The number of esters is 1. The number of carbonyl (C=O) groups is 1. The molecule has 0 bridgehead atoms. The van der Waals surface area contributed by atoms with Gasteiger partial charge < -0.3 is 19.7 Å². The van der Waals surface area contributed by atoms with Crippen molar-refractivity contribution in [2.24, 2.45) is 0 Å². The second kappa shape index (κ2) is 11.4. The Morgan fingerprint density at radius 3 is 2.52 bits per heavy atom. The summed E-state index contributed by atoms with van der Waals surface area (Å²) in [7, 11) is 2.14. The number of hydrogen-bond donors (Lipinski definition) is 1. The van der Waals surface area contributed by atoms with Crippen molar-refractivity contribution >= 4 is 34.7 Å². The third kappa shape index (κ3) is 7.20. The van der Waals surface area contributed by atoms with Crippen LogP contribution in [0.4, 0.5) is 24.5 Å². The summed E-state index contributed by atoms with van der Waals surface area (Å²) in [6.45, 7) is 2.79. The molecular weight excluding hydrogens is 492 g/mol. The maximum Gasteiger partial charge on any atom is 0.431 e. The molecule has 0 spiro atoms. The Morgan fingerprint density at radius 2 is 2.07 bits per heavy atom. The second-order valence-corrected chi connectivity index (χ2v) is 5.64. The normalized spacial score (nSPS) is 11.2. The van der Waals surface area contributed by atoms with Crippen LogP contribution in [0.15, 0.2) is 17.8 Å². The van der Waals surface area contributed by atoms with Gasteiger partial charge in [0.1, 0.15) is 11.4 Å². The Balaban J connectivity index is 0.00000784. The number of allylic oxidation sites excluding steroid dienone is 1. The molecule has 0 saturated carbocycles. The maximum atomic E-state index is 13.3. The molecule has 157 valence electrons. The predicted octanol–water partition coefficient (Wildman–Crippen LogP) is 3.35. The summed E-state index contributed by atoms with van der Waals surface area (Å²) in [5.41, 5.74) is -1.66. The van der Waals surface area contributed by atoms with E-state index in [1.54, 1.807) is 0 Å². The smallest absolute Gasteiger partial charge is 0.431 e. The van der Waals surface area contributed by atoms with Crippen molar-refractivity contribution in [3.8, 4) is 5.75 Å². The van der Waals surface area contributed by atoms with Crippen LogP contribution in [0.5, 0.6) is 5.75 Å². The fraction of sp³-hybridized carbons (Fsp3) is 0.375. The van der Waals surface area contributed by atoms with Crippen LogP contribution in [0, 0.1) is 23.1 Å². The van der Waals surface area contributed by atoms with Gasteiger partial charge in [0.2, 0.25) is 5.69 Å². The molecule has 0 unspecified atom stereocenters. The number of nitro benzene ring substituents is 1. The Bertz CT molecular complexity index is 818. The molecule has 0 fully saturated rings. The first-order valence-electron chi connectivity index (χ1n) is 7.68. The van der Waals surface area contributed by atoms with Crippen LogP contribution in [0.2, 0.25) is 0 Å². The summed E-state index contributed by atoms with van der Waals surface area (Å²) in [4.78, 5) is 22.5. The number of ether oxygens (including phenoxy) is 2. The number of benzene rings is 1. The number of carbonyl (C=O) groups excluding carboxylic acids is 1. The maximum absolute atomic E-state index is 13.3. The molecule has 0 amide bonds. The summed E-state index contributed by atoms with van der Waals surface area (Å²) in [6.07, 6.45) is -4.66. The quantitative estimate of drug-likeness (QED) is 0.156. The van der Waals surface area contributed by atoms with Gasteiger partial charge in [-0.15, -0.1) is 0 Å². The van der Waals surface area contributed by atoms with Crippen molar-refractivity contribution in [3.05, 3.63) is 39.6 Å². The first kappa shape index (κ1) is 27.2. The molecule has 1 N–H and O–H groups in total. The van der Waals surface area contributed by atoms with E-state index in [0.29, 0.717) is 4.90 Å². The Labute approximate surface area is 195 Å². The number of methoxy groups -OCH3 is 1. The van der Waals surface area contributed by atoms with Crippen molar-refractivity contribution in [1.82, 2.24) is 4.90 Å². The Morgan fingerprint density at radius 1 is 1.48 bits per heavy atom. The molecule has 0 aliphatic heterocycles. The molecule has 8 nitrogen and oxygen atoms in total. The van der Waals surface area contributed by atoms with Crippen LogP contribution in [-0.4, -0.2) is 47.8 Å². The van der Waals surface area contributed by atoms with Gasteiger partial charge in [0.05, 0.1) is 19.8 Å². The van der Waals surface area contributed by atoms with Crippen LogP contribution in [-0.2, 0) is 42.2 Å². The van der Waals surface area contributed by atoms with Crippen LogP contribution < -0.4 is 10.1 Å². The molecule has 0 heterocycles. The van der Waals surface area contributed by atoms with Crippen molar-refractivity contribution in [3.63, 3.8) is 0 Å². The molecule has 0 atom stereocenters. The predicted molar refractivity (Wildman–Crippen MR) is 98.0 cm³/mol. The molecule has 0 aliphatic rings. The first-order valence-corrected chi connectivity index (χ1v) is 8.08. The SMILES string of the molecule is CCOC(=O)/C=C(\N(C)C(=S)Nc1[c-]cc(C)c([N+](=O)[O-])c1OC)C(F)(F)F.[Y]. The van der Waals surface area contributed by atoms with Crippen molar-refractivity contribution in [2.75, 3.05) is 26.1 Å². The molecule has 0 aliphatic carbocycles. The summed E-state index contributed by atoms with van der Waals surface area (Å²) < 4.78 is 49.4. The molecule has 1 aromatic rings. The average Bonchev–Trinajstić information content (AvgIpc) is 2.59. The van der Waals surface area contributed by atoms with E-state index in [2.05, 4.69) is 16.1 Å². The molecule has 1 rings (SSSR count). The van der Waals surface area contributed by atoms with Gasteiger partial charge in [0.25, 0.3) is 0 Å². The Hall–Kier alpha value is -1.79. The zero-order valence-corrected chi connectivity index (χ0v) is 19.6. The number of thiocarbonyl (C=S) groups is 1. The van der Waals surface area contributed by atoms with Gasteiger partial charge in [-0.05, 0) is 24.8 Å². The number of nitrogens with one attached hydrogen (secondary N) is 1. The number of alkyl halides is 3. The molecular formula is C16H17F3N3O5SY-. The van der Waals surface area contributed by atoms with Crippen LogP contribution in [0.25, 0.3) is 0 Å². The summed E-state index contributed by atoms with van der Waals surface area (Å²) in [5, 5.41) is 13.1. The molecule has 1 radical (unpaired) electrons. The van der Waals surface area contributed by atoms with Crippen LogP contribution in [0.3, 0.4) is 0 Å². The number of rotatable bonds is 6. The Kier molecular flexibility index (Phi) is 10.7. The summed E-state index contributed by atoms with van der Waals surface area (Å²) >= 11 is 4.95. The van der Waals surface area contributed by atoms with Crippen LogP contribution in [0.1, 0.15) is 12.5 Å². The fourth-order valence-electron chi connectivity index (χ4n) is 2.09. The number of aryl methyl sites for hydroxylation is 1. The molecule has 29 heavy (non-hydrogen) atoms. The number of nitrogens with zero attached hydrogens (tertiary/aromatic N) is 2. The zero-order valence-electron chi connectivity index (χ0n) is 15.9. The summed E-state index contributed by atoms with van der Waals surface area (Å²) in [6, 6.07) is 3.90. The van der Waals surface area contributed by atoms with E-state index in [1.807, 2.05) is 0 Å². The second-order valence-electron chi connectivity index (χ2n) is 5.25. The number of hydrogen-bond acceptors (Lipinski definition) is 6. The van der Waals surface area contributed by atoms with Gasteiger partial charge in [0, 0.05) is 44.7 Å². The van der Waals surface area contributed by atoms with E-state index in [-0.39, 0.29) is 68.1 Å². The molecule has 0 saturated heterocycles. The van der Waals surface area contributed by atoms with Gasteiger partial charge >= 0.3 is 12.1 Å². The van der Waals surface area contributed by atoms with Gasteiger partial charge in [-0.25, -0.2) is 4.79 Å². The van der Waals surface area contributed by atoms with Crippen LogP contribution >= 0.6 is 12.2 Å².